The second-order valence-corrected chi connectivity index (χ2v) is 2.43. The first-order chi connectivity index (χ1) is 5.27. The first kappa shape index (κ1) is 7.92. The molecule has 0 spiro atoms. The minimum absolute atomic E-state index is 0.904. The highest BCUT2D eigenvalue weighted by atomic mass is 16.5. The third-order valence-electron chi connectivity index (χ3n) is 1.70. The number of aryl methyl sites for hydroxylation is 1. The van der Waals surface area contributed by atoms with Crippen molar-refractivity contribution >= 4 is 5.69 Å². The molecule has 1 N–H and O–H groups in total. The largest absolute Gasteiger partial charge is 0.497 e. The van der Waals surface area contributed by atoms with Crippen LogP contribution in [-0.4, -0.2) is 14.2 Å². The standard InChI is InChI=1S/C9H13NO/c1-7-6-8(11-3)4-5-9(7)10-2/h4-6,10H,1-3H3. The average Bonchev–Trinajstić information content (AvgIpc) is 2.04. The number of rotatable bonds is 2. The molecule has 11 heavy (non-hydrogen) atoms. The van der Waals surface area contributed by atoms with Crippen molar-refractivity contribution in [3.8, 4) is 5.75 Å². The Balaban J connectivity index is 2.99. The molecule has 0 aliphatic rings. The van der Waals surface area contributed by atoms with Crippen LogP contribution in [0.5, 0.6) is 5.75 Å². The molecule has 0 aliphatic carbocycles. The lowest BCUT2D eigenvalue weighted by Crippen LogP contribution is -1.92. The third kappa shape index (κ3) is 1.64. The number of methoxy groups -OCH3 is 1. The predicted molar refractivity (Wildman–Crippen MR) is 47.3 cm³/mol. The molecule has 0 bridgehead atoms. The zero-order valence-electron chi connectivity index (χ0n) is 7.14. The van der Waals surface area contributed by atoms with Crippen LogP contribution in [0.1, 0.15) is 5.56 Å². The van der Waals surface area contributed by atoms with Crippen LogP contribution in [0, 0.1) is 6.92 Å². The highest BCUT2D eigenvalue weighted by Gasteiger charge is 1.96. The molecule has 0 heterocycles. The fourth-order valence-corrected chi connectivity index (χ4v) is 1.04. The summed E-state index contributed by atoms with van der Waals surface area (Å²) >= 11 is 0. The van der Waals surface area contributed by atoms with Gasteiger partial charge in [0.25, 0.3) is 0 Å². The van der Waals surface area contributed by atoms with E-state index in [1.165, 1.54) is 5.56 Å². The van der Waals surface area contributed by atoms with Crippen molar-refractivity contribution < 1.29 is 4.74 Å². The number of benzene rings is 1. The molecular formula is C9H13NO. The van der Waals surface area contributed by atoms with Gasteiger partial charge in [0.2, 0.25) is 0 Å². The van der Waals surface area contributed by atoms with Crippen molar-refractivity contribution in [2.45, 2.75) is 6.92 Å². The Bertz CT molecular complexity index is 245. The van der Waals surface area contributed by atoms with Gasteiger partial charge in [-0.2, -0.15) is 0 Å². The summed E-state index contributed by atoms with van der Waals surface area (Å²) in [5, 5.41) is 3.09. The third-order valence-corrected chi connectivity index (χ3v) is 1.70. The lowest BCUT2D eigenvalue weighted by molar-refractivity contribution is 0.414. The number of ether oxygens (including phenoxy) is 1. The summed E-state index contributed by atoms with van der Waals surface area (Å²) < 4.78 is 5.07. The van der Waals surface area contributed by atoms with Gasteiger partial charge in [-0.15, -0.1) is 0 Å². The summed E-state index contributed by atoms with van der Waals surface area (Å²) in [5.74, 6) is 0.904. The van der Waals surface area contributed by atoms with Crippen LogP contribution in [0.3, 0.4) is 0 Å². The van der Waals surface area contributed by atoms with Gasteiger partial charge in [0.15, 0.2) is 0 Å². The Labute approximate surface area is 67.2 Å². The summed E-state index contributed by atoms with van der Waals surface area (Å²) in [6, 6.07) is 5.96. The van der Waals surface area contributed by atoms with Gasteiger partial charge in [-0.1, -0.05) is 0 Å². The monoisotopic (exact) mass is 151 g/mol. The molecule has 60 valence electrons. The molecular weight excluding hydrogens is 138 g/mol. The lowest BCUT2D eigenvalue weighted by Gasteiger charge is -2.06. The Morgan fingerprint density at radius 3 is 2.55 bits per heavy atom. The molecule has 1 rings (SSSR count). The molecule has 0 saturated heterocycles. The van der Waals surface area contributed by atoms with Gasteiger partial charge >= 0.3 is 0 Å². The SMILES string of the molecule is CNc1ccc(OC)cc1C. The minimum atomic E-state index is 0.904. The van der Waals surface area contributed by atoms with Crippen LogP contribution in [0.25, 0.3) is 0 Å². The van der Waals surface area contributed by atoms with E-state index in [0.717, 1.165) is 11.4 Å². The van der Waals surface area contributed by atoms with E-state index in [0.29, 0.717) is 0 Å². The molecule has 0 unspecified atom stereocenters. The number of nitrogens with one attached hydrogen (secondary N) is 1. The number of hydrogen-bond acceptors (Lipinski definition) is 2. The van der Waals surface area contributed by atoms with Gasteiger partial charge < -0.3 is 10.1 Å². The molecule has 0 radical (unpaired) electrons. The maximum Gasteiger partial charge on any atom is 0.119 e. The second kappa shape index (κ2) is 3.28. The van der Waals surface area contributed by atoms with Crippen LogP contribution >= 0.6 is 0 Å². The summed E-state index contributed by atoms with van der Waals surface area (Å²) in [6.45, 7) is 2.05. The smallest absolute Gasteiger partial charge is 0.119 e. The van der Waals surface area contributed by atoms with Gasteiger partial charge in [0.1, 0.15) is 5.75 Å². The summed E-state index contributed by atoms with van der Waals surface area (Å²) in [6.07, 6.45) is 0. The Morgan fingerprint density at radius 1 is 1.36 bits per heavy atom. The van der Waals surface area contributed by atoms with Crippen molar-refractivity contribution in [1.29, 1.82) is 0 Å². The second-order valence-electron chi connectivity index (χ2n) is 2.43. The molecule has 2 nitrogen and oxygen atoms in total. The van der Waals surface area contributed by atoms with Crippen LogP contribution in [-0.2, 0) is 0 Å². The van der Waals surface area contributed by atoms with Crippen molar-refractivity contribution in [2.24, 2.45) is 0 Å². The van der Waals surface area contributed by atoms with Crippen molar-refractivity contribution in [1.82, 2.24) is 0 Å². The van der Waals surface area contributed by atoms with Crippen LogP contribution in [0.15, 0.2) is 18.2 Å². The van der Waals surface area contributed by atoms with Gasteiger partial charge in [0.05, 0.1) is 7.11 Å². The van der Waals surface area contributed by atoms with Crippen LogP contribution in [0.4, 0.5) is 5.69 Å². The topological polar surface area (TPSA) is 21.3 Å². The zero-order valence-corrected chi connectivity index (χ0v) is 7.14. The van der Waals surface area contributed by atoms with Crippen molar-refractivity contribution in [3.63, 3.8) is 0 Å². The van der Waals surface area contributed by atoms with Gasteiger partial charge in [-0.3, -0.25) is 0 Å². The number of anilines is 1. The maximum absolute atomic E-state index is 5.07. The van der Waals surface area contributed by atoms with E-state index in [2.05, 4.69) is 5.32 Å². The van der Waals surface area contributed by atoms with Gasteiger partial charge in [0, 0.05) is 12.7 Å². The molecule has 1 aromatic rings. The number of hydrogen-bond donors (Lipinski definition) is 1. The minimum Gasteiger partial charge on any atom is -0.497 e. The fourth-order valence-electron chi connectivity index (χ4n) is 1.04. The highest BCUT2D eigenvalue weighted by Crippen LogP contribution is 2.19. The first-order valence-electron chi connectivity index (χ1n) is 3.60. The lowest BCUT2D eigenvalue weighted by atomic mass is 10.2. The zero-order chi connectivity index (χ0) is 8.27. The normalized spacial score (nSPS) is 9.36. The van der Waals surface area contributed by atoms with E-state index in [4.69, 9.17) is 4.74 Å². The highest BCUT2D eigenvalue weighted by molar-refractivity contribution is 5.52. The van der Waals surface area contributed by atoms with Crippen LogP contribution in [0.2, 0.25) is 0 Å². The van der Waals surface area contributed by atoms with E-state index in [1.54, 1.807) is 7.11 Å². The van der Waals surface area contributed by atoms with E-state index in [9.17, 15) is 0 Å². The molecule has 0 aliphatic heterocycles. The quantitative estimate of drug-likeness (QED) is 0.698. The van der Waals surface area contributed by atoms with E-state index in [-0.39, 0.29) is 0 Å². The van der Waals surface area contributed by atoms with Crippen LogP contribution < -0.4 is 10.1 Å². The molecule has 0 amide bonds. The molecule has 1 aromatic carbocycles. The van der Waals surface area contributed by atoms with Gasteiger partial charge in [-0.25, -0.2) is 0 Å². The predicted octanol–water partition coefficient (Wildman–Crippen LogP) is 2.05. The first-order valence-corrected chi connectivity index (χ1v) is 3.60. The maximum atomic E-state index is 5.07. The average molecular weight is 151 g/mol. The Morgan fingerprint density at radius 2 is 2.09 bits per heavy atom. The van der Waals surface area contributed by atoms with Crippen molar-refractivity contribution in [3.05, 3.63) is 23.8 Å². The van der Waals surface area contributed by atoms with Gasteiger partial charge in [-0.05, 0) is 30.7 Å². The van der Waals surface area contributed by atoms with Crippen molar-refractivity contribution in [2.75, 3.05) is 19.5 Å². The van der Waals surface area contributed by atoms with E-state index in [1.807, 2.05) is 32.2 Å². The summed E-state index contributed by atoms with van der Waals surface area (Å²) in [5.41, 5.74) is 2.35. The van der Waals surface area contributed by atoms with E-state index < -0.39 is 0 Å². The summed E-state index contributed by atoms with van der Waals surface area (Å²) in [7, 11) is 3.59. The molecule has 0 fully saturated rings. The molecule has 0 atom stereocenters. The summed E-state index contributed by atoms with van der Waals surface area (Å²) in [4.78, 5) is 0. The Hall–Kier alpha value is -1.18. The molecule has 0 saturated carbocycles. The fraction of sp³-hybridized carbons (Fsp3) is 0.333. The Kier molecular flexibility index (Phi) is 2.36. The van der Waals surface area contributed by atoms with E-state index >= 15 is 0 Å². The molecule has 2 heteroatoms. The molecule has 0 aromatic heterocycles.